The summed E-state index contributed by atoms with van der Waals surface area (Å²) in [5.41, 5.74) is 0.715. The molecule has 1 fully saturated rings. The maximum absolute atomic E-state index is 12.5. The van der Waals surface area contributed by atoms with Crippen LogP contribution in [0.2, 0.25) is 0 Å². The Kier molecular flexibility index (Phi) is 4.42. The third kappa shape index (κ3) is 3.00. The first-order valence-electron chi connectivity index (χ1n) is 6.90. The number of carboxylic acids is 1. The molecule has 1 aliphatic heterocycles. The molecule has 0 radical (unpaired) electrons. The van der Waals surface area contributed by atoms with Gasteiger partial charge in [0, 0.05) is 13.0 Å². The number of amides is 1. The van der Waals surface area contributed by atoms with Crippen LogP contribution in [0.5, 0.6) is 0 Å². The largest absolute Gasteiger partial charge is 0.480 e. The number of hydrogen-bond donors (Lipinski definition) is 1. The highest BCUT2D eigenvalue weighted by molar-refractivity contribution is 7.13. The van der Waals surface area contributed by atoms with E-state index in [2.05, 4.69) is 18.8 Å². The minimum Gasteiger partial charge on any atom is -0.480 e. The van der Waals surface area contributed by atoms with Crippen molar-refractivity contribution in [1.29, 1.82) is 0 Å². The smallest absolute Gasteiger partial charge is 0.326 e. The molecule has 1 saturated heterocycles. The number of aryl methyl sites for hydroxylation is 1. The van der Waals surface area contributed by atoms with E-state index in [1.165, 1.54) is 16.2 Å². The molecule has 0 saturated carbocycles. The Bertz CT molecular complexity index is 524. The highest BCUT2D eigenvalue weighted by atomic mass is 32.1. The van der Waals surface area contributed by atoms with Crippen molar-refractivity contribution in [2.75, 3.05) is 6.54 Å². The number of thiazole rings is 1. The average molecular weight is 296 g/mol. The molecule has 0 aliphatic carbocycles. The molecule has 2 heterocycles. The molecule has 0 spiro atoms. The second-order valence-electron chi connectivity index (χ2n) is 5.61. The molecule has 0 aromatic carbocycles. The topological polar surface area (TPSA) is 70.5 Å². The van der Waals surface area contributed by atoms with E-state index in [1.807, 2.05) is 6.92 Å². The van der Waals surface area contributed by atoms with Crippen molar-refractivity contribution >= 4 is 23.2 Å². The van der Waals surface area contributed by atoms with E-state index in [1.54, 1.807) is 0 Å². The number of aromatic nitrogens is 1. The van der Waals surface area contributed by atoms with Crippen LogP contribution in [-0.2, 0) is 11.2 Å². The van der Waals surface area contributed by atoms with Crippen molar-refractivity contribution in [3.05, 3.63) is 15.6 Å². The Labute approximate surface area is 122 Å². The molecule has 6 heteroatoms. The summed E-state index contributed by atoms with van der Waals surface area (Å²) in [5, 5.41) is 10.1. The highest BCUT2D eigenvalue weighted by Crippen LogP contribution is 2.26. The summed E-state index contributed by atoms with van der Waals surface area (Å²) in [7, 11) is 0. The molecule has 110 valence electrons. The highest BCUT2D eigenvalue weighted by Gasteiger charge is 2.35. The van der Waals surface area contributed by atoms with Crippen LogP contribution in [-0.4, -0.2) is 39.5 Å². The molecule has 1 aliphatic rings. The molecule has 1 amide bonds. The second kappa shape index (κ2) is 5.91. The molecule has 1 N–H and O–H groups in total. The molecule has 1 aromatic rings. The van der Waals surface area contributed by atoms with Gasteiger partial charge in [-0.15, -0.1) is 11.3 Å². The van der Waals surface area contributed by atoms with Gasteiger partial charge < -0.3 is 10.0 Å². The van der Waals surface area contributed by atoms with Crippen LogP contribution < -0.4 is 0 Å². The maximum atomic E-state index is 12.5. The van der Waals surface area contributed by atoms with Gasteiger partial charge in [-0.3, -0.25) is 4.79 Å². The van der Waals surface area contributed by atoms with E-state index in [4.69, 9.17) is 5.11 Å². The minimum absolute atomic E-state index is 0.181. The lowest BCUT2D eigenvalue weighted by atomic mass is 10.1. The summed E-state index contributed by atoms with van der Waals surface area (Å²) >= 11 is 1.40. The molecule has 0 unspecified atom stereocenters. The van der Waals surface area contributed by atoms with Gasteiger partial charge in [-0.1, -0.05) is 13.8 Å². The normalized spacial score (nSPS) is 18.8. The molecule has 2 rings (SSSR count). The van der Waals surface area contributed by atoms with Crippen molar-refractivity contribution in [2.24, 2.45) is 5.92 Å². The van der Waals surface area contributed by atoms with Gasteiger partial charge in [0.05, 0.1) is 10.7 Å². The monoisotopic (exact) mass is 296 g/mol. The van der Waals surface area contributed by atoms with Crippen LogP contribution in [0.4, 0.5) is 0 Å². The number of aliphatic carboxylic acids is 1. The first-order valence-corrected chi connectivity index (χ1v) is 7.72. The summed E-state index contributed by atoms with van der Waals surface area (Å²) in [6.45, 7) is 6.56. The standard InChI is InChI=1S/C14H20N2O3S/c1-8(2)7-11-15-9(3)12(20-11)13(17)16-6-4-5-10(16)14(18)19/h8,10H,4-7H2,1-3H3,(H,18,19)/t10-/m0/s1. The lowest BCUT2D eigenvalue weighted by Gasteiger charge is -2.20. The molecule has 1 aromatic heterocycles. The van der Waals surface area contributed by atoms with Gasteiger partial charge in [-0.2, -0.15) is 0 Å². The lowest BCUT2D eigenvalue weighted by Crippen LogP contribution is -2.40. The Morgan fingerprint density at radius 1 is 1.50 bits per heavy atom. The average Bonchev–Trinajstić information content (AvgIpc) is 2.94. The number of hydrogen-bond acceptors (Lipinski definition) is 4. The predicted octanol–water partition coefficient (Wildman–Crippen LogP) is 2.34. The zero-order chi connectivity index (χ0) is 14.9. The van der Waals surface area contributed by atoms with Crippen LogP contribution in [0.15, 0.2) is 0 Å². The zero-order valence-corrected chi connectivity index (χ0v) is 12.9. The fraction of sp³-hybridized carbons (Fsp3) is 0.643. The molecule has 5 nitrogen and oxygen atoms in total. The Morgan fingerprint density at radius 3 is 2.80 bits per heavy atom. The van der Waals surface area contributed by atoms with Crippen LogP contribution in [0.3, 0.4) is 0 Å². The van der Waals surface area contributed by atoms with Crippen LogP contribution in [0.1, 0.15) is 47.1 Å². The van der Waals surface area contributed by atoms with E-state index < -0.39 is 12.0 Å². The summed E-state index contributed by atoms with van der Waals surface area (Å²) in [5.74, 6) is -0.609. The second-order valence-corrected chi connectivity index (χ2v) is 6.70. The zero-order valence-electron chi connectivity index (χ0n) is 12.0. The number of likely N-dealkylation sites (tertiary alicyclic amines) is 1. The van der Waals surface area contributed by atoms with Crippen LogP contribution in [0, 0.1) is 12.8 Å². The predicted molar refractivity (Wildman–Crippen MR) is 77.1 cm³/mol. The van der Waals surface area contributed by atoms with Crippen molar-refractivity contribution in [1.82, 2.24) is 9.88 Å². The number of carboxylic acid groups (broad SMARTS) is 1. The van der Waals surface area contributed by atoms with Gasteiger partial charge in [-0.25, -0.2) is 9.78 Å². The van der Waals surface area contributed by atoms with Crippen molar-refractivity contribution in [3.8, 4) is 0 Å². The molecule has 1 atom stereocenters. The fourth-order valence-corrected chi connectivity index (χ4v) is 3.72. The van der Waals surface area contributed by atoms with Crippen molar-refractivity contribution in [2.45, 2.75) is 46.1 Å². The van der Waals surface area contributed by atoms with E-state index >= 15 is 0 Å². The van der Waals surface area contributed by atoms with Gasteiger partial charge in [0.1, 0.15) is 10.9 Å². The van der Waals surface area contributed by atoms with Gasteiger partial charge in [0.15, 0.2) is 0 Å². The Morgan fingerprint density at radius 2 is 2.20 bits per heavy atom. The fourth-order valence-electron chi connectivity index (χ4n) is 2.48. The Hall–Kier alpha value is -1.43. The molecule has 0 bridgehead atoms. The van der Waals surface area contributed by atoms with Gasteiger partial charge in [0.25, 0.3) is 5.91 Å². The van der Waals surface area contributed by atoms with Gasteiger partial charge in [0.2, 0.25) is 0 Å². The number of carbonyl (C=O) groups is 2. The van der Waals surface area contributed by atoms with E-state index in [-0.39, 0.29) is 5.91 Å². The van der Waals surface area contributed by atoms with E-state index in [0.29, 0.717) is 29.5 Å². The number of nitrogens with zero attached hydrogens (tertiary/aromatic N) is 2. The van der Waals surface area contributed by atoms with Gasteiger partial charge >= 0.3 is 5.97 Å². The summed E-state index contributed by atoms with van der Waals surface area (Å²) in [4.78, 5) is 30.2. The summed E-state index contributed by atoms with van der Waals surface area (Å²) in [6.07, 6.45) is 2.14. The summed E-state index contributed by atoms with van der Waals surface area (Å²) in [6, 6.07) is -0.683. The third-order valence-electron chi connectivity index (χ3n) is 3.42. The Balaban J connectivity index is 2.20. The van der Waals surface area contributed by atoms with E-state index in [9.17, 15) is 9.59 Å². The minimum atomic E-state index is -0.916. The van der Waals surface area contributed by atoms with Gasteiger partial charge in [-0.05, 0) is 25.7 Å². The first kappa shape index (κ1) is 15.0. The van der Waals surface area contributed by atoms with Crippen molar-refractivity contribution < 1.29 is 14.7 Å². The lowest BCUT2D eigenvalue weighted by molar-refractivity contribution is -0.141. The van der Waals surface area contributed by atoms with Crippen LogP contribution >= 0.6 is 11.3 Å². The maximum Gasteiger partial charge on any atom is 0.326 e. The molecular weight excluding hydrogens is 276 g/mol. The molecular formula is C14H20N2O3S. The van der Waals surface area contributed by atoms with Crippen molar-refractivity contribution in [3.63, 3.8) is 0 Å². The third-order valence-corrected chi connectivity index (χ3v) is 4.58. The summed E-state index contributed by atoms with van der Waals surface area (Å²) < 4.78 is 0. The number of rotatable bonds is 4. The first-order chi connectivity index (χ1) is 9.40. The molecule has 20 heavy (non-hydrogen) atoms. The SMILES string of the molecule is Cc1nc(CC(C)C)sc1C(=O)N1CCC[C@H]1C(=O)O. The number of carbonyl (C=O) groups excluding carboxylic acids is 1. The van der Waals surface area contributed by atoms with E-state index in [0.717, 1.165) is 17.8 Å². The quantitative estimate of drug-likeness (QED) is 0.925. The van der Waals surface area contributed by atoms with Crippen LogP contribution in [0.25, 0.3) is 0 Å².